The fraction of sp³-hybridized carbons (Fsp3) is 0.300. The van der Waals surface area contributed by atoms with Gasteiger partial charge < -0.3 is 9.15 Å². The van der Waals surface area contributed by atoms with Gasteiger partial charge in [0, 0.05) is 11.3 Å². The van der Waals surface area contributed by atoms with Crippen molar-refractivity contribution in [2.45, 2.75) is 37.2 Å². The molecule has 1 aromatic heterocycles. The zero-order valence-electron chi connectivity index (χ0n) is 14.9. The summed E-state index contributed by atoms with van der Waals surface area (Å²) < 4.78 is 10.9. The summed E-state index contributed by atoms with van der Waals surface area (Å²) in [5.74, 6) is 2.12. The average molecular weight is 354 g/mol. The Kier molecular flexibility index (Phi) is 5.13. The fourth-order valence-corrected chi connectivity index (χ4v) is 3.08. The molecule has 0 bridgehead atoms. The first kappa shape index (κ1) is 17.5. The molecule has 0 atom stereocenters. The molecule has 25 heavy (non-hydrogen) atoms. The molecule has 0 unspecified atom stereocenters. The van der Waals surface area contributed by atoms with E-state index in [-0.39, 0.29) is 5.41 Å². The quantitative estimate of drug-likeness (QED) is 0.579. The molecule has 3 aromatic rings. The van der Waals surface area contributed by atoms with Crippen molar-refractivity contribution in [3.05, 3.63) is 59.7 Å². The SMILES string of the molecule is COc1ccc(-c2nnc(SCc3ccc(C(C)(C)C)cc3)o2)cc1. The van der Waals surface area contributed by atoms with Crippen LogP contribution in [-0.4, -0.2) is 17.3 Å². The molecule has 1 heterocycles. The van der Waals surface area contributed by atoms with Crippen molar-refractivity contribution < 1.29 is 9.15 Å². The van der Waals surface area contributed by atoms with Gasteiger partial charge in [-0.3, -0.25) is 0 Å². The maximum Gasteiger partial charge on any atom is 0.277 e. The third-order valence-corrected chi connectivity index (χ3v) is 4.82. The summed E-state index contributed by atoms with van der Waals surface area (Å²) in [6.07, 6.45) is 0. The van der Waals surface area contributed by atoms with Gasteiger partial charge in [-0.2, -0.15) is 0 Å². The maximum atomic E-state index is 5.74. The van der Waals surface area contributed by atoms with Crippen molar-refractivity contribution in [2.24, 2.45) is 0 Å². The second-order valence-electron chi connectivity index (χ2n) is 6.84. The van der Waals surface area contributed by atoms with Crippen LogP contribution in [0.5, 0.6) is 5.75 Å². The highest BCUT2D eigenvalue weighted by molar-refractivity contribution is 7.98. The van der Waals surface area contributed by atoms with Crippen LogP contribution in [0.3, 0.4) is 0 Å². The summed E-state index contributed by atoms with van der Waals surface area (Å²) in [4.78, 5) is 0. The molecule has 0 saturated carbocycles. The molecular weight excluding hydrogens is 332 g/mol. The van der Waals surface area contributed by atoms with Gasteiger partial charge in [-0.15, -0.1) is 10.2 Å². The van der Waals surface area contributed by atoms with Crippen molar-refractivity contribution in [3.8, 4) is 17.2 Å². The average Bonchev–Trinajstić information content (AvgIpc) is 3.09. The van der Waals surface area contributed by atoms with Crippen LogP contribution in [0.15, 0.2) is 58.2 Å². The van der Waals surface area contributed by atoms with Crippen LogP contribution in [0.25, 0.3) is 11.5 Å². The molecular formula is C20H22N2O2S. The predicted molar refractivity (Wildman–Crippen MR) is 101 cm³/mol. The van der Waals surface area contributed by atoms with Gasteiger partial charge in [-0.05, 0) is 40.8 Å². The molecule has 3 rings (SSSR count). The van der Waals surface area contributed by atoms with Gasteiger partial charge in [0.2, 0.25) is 5.89 Å². The zero-order chi connectivity index (χ0) is 17.9. The van der Waals surface area contributed by atoms with Crippen LogP contribution in [0.4, 0.5) is 0 Å². The van der Waals surface area contributed by atoms with Crippen LogP contribution in [0, 0.1) is 0 Å². The number of hydrogen-bond acceptors (Lipinski definition) is 5. The first-order valence-corrected chi connectivity index (χ1v) is 9.14. The lowest BCUT2D eigenvalue weighted by molar-refractivity contribution is 0.414. The molecule has 0 aliphatic heterocycles. The van der Waals surface area contributed by atoms with Gasteiger partial charge in [0.25, 0.3) is 5.22 Å². The van der Waals surface area contributed by atoms with Crippen molar-refractivity contribution in [1.82, 2.24) is 10.2 Å². The minimum atomic E-state index is 0.172. The van der Waals surface area contributed by atoms with E-state index in [1.165, 1.54) is 11.1 Å². The van der Waals surface area contributed by atoms with Crippen LogP contribution >= 0.6 is 11.8 Å². The van der Waals surface area contributed by atoms with Crippen LogP contribution in [0.1, 0.15) is 31.9 Å². The topological polar surface area (TPSA) is 48.2 Å². The maximum absolute atomic E-state index is 5.74. The molecule has 0 radical (unpaired) electrons. The molecule has 0 fully saturated rings. The van der Waals surface area contributed by atoms with Crippen molar-refractivity contribution >= 4 is 11.8 Å². The Morgan fingerprint density at radius 2 is 1.64 bits per heavy atom. The Bertz CT molecular complexity index is 818. The smallest absolute Gasteiger partial charge is 0.277 e. The van der Waals surface area contributed by atoms with Gasteiger partial charge in [0.1, 0.15) is 5.75 Å². The number of nitrogens with zero attached hydrogens (tertiary/aromatic N) is 2. The monoisotopic (exact) mass is 354 g/mol. The number of rotatable bonds is 5. The summed E-state index contributed by atoms with van der Waals surface area (Å²) in [5.41, 5.74) is 3.63. The van der Waals surface area contributed by atoms with Crippen molar-refractivity contribution in [2.75, 3.05) is 7.11 Å². The molecule has 2 aromatic carbocycles. The van der Waals surface area contributed by atoms with E-state index in [9.17, 15) is 0 Å². The van der Waals surface area contributed by atoms with Gasteiger partial charge in [0.05, 0.1) is 7.11 Å². The van der Waals surface area contributed by atoms with Crippen LogP contribution in [-0.2, 0) is 11.2 Å². The third kappa shape index (κ3) is 4.42. The largest absolute Gasteiger partial charge is 0.497 e. The summed E-state index contributed by atoms with van der Waals surface area (Å²) in [6, 6.07) is 16.3. The number of aromatic nitrogens is 2. The van der Waals surface area contributed by atoms with Gasteiger partial charge >= 0.3 is 0 Å². The molecule has 0 amide bonds. The Morgan fingerprint density at radius 1 is 0.960 bits per heavy atom. The second-order valence-corrected chi connectivity index (χ2v) is 7.76. The van der Waals surface area contributed by atoms with Crippen LogP contribution < -0.4 is 4.74 Å². The van der Waals surface area contributed by atoms with E-state index < -0.39 is 0 Å². The number of methoxy groups -OCH3 is 1. The number of benzene rings is 2. The van der Waals surface area contributed by atoms with E-state index in [2.05, 4.69) is 55.2 Å². The molecule has 4 nitrogen and oxygen atoms in total. The van der Waals surface area contributed by atoms with Gasteiger partial charge in [0.15, 0.2) is 0 Å². The third-order valence-electron chi connectivity index (χ3n) is 3.93. The van der Waals surface area contributed by atoms with E-state index in [1.807, 2.05) is 24.3 Å². The van der Waals surface area contributed by atoms with E-state index in [0.29, 0.717) is 11.1 Å². The number of thioether (sulfide) groups is 1. The molecule has 0 N–H and O–H groups in total. The highest BCUT2D eigenvalue weighted by atomic mass is 32.2. The second kappa shape index (κ2) is 7.31. The van der Waals surface area contributed by atoms with Gasteiger partial charge in [-0.25, -0.2) is 0 Å². The molecule has 0 spiro atoms. The highest BCUT2D eigenvalue weighted by Gasteiger charge is 2.13. The lowest BCUT2D eigenvalue weighted by atomic mass is 9.87. The van der Waals surface area contributed by atoms with Gasteiger partial charge in [-0.1, -0.05) is 56.8 Å². The van der Waals surface area contributed by atoms with Crippen LogP contribution in [0.2, 0.25) is 0 Å². The zero-order valence-corrected chi connectivity index (χ0v) is 15.8. The molecule has 130 valence electrons. The minimum Gasteiger partial charge on any atom is -0.497 e. The Labute approximate surface area is 152 Å². The van der Waals surface area contributed by atoms with Crippen molar-refractivity contribution in [3.63, 3.8) is 0 Å². The summed E-state index contributed by atoms with van der Waals surface area (Å²) in [6.45, 7) is 6.65. The molecule has 0 aliphatic carbocycles. The Morgan fingerprint density at radius 3 is 2.24 bits per heavy atom. The molecule has 5 heteroatoms. The summed E-state index contributed by atoms with van der Waals surface area (Å²) in [5, 5.41) is 8.82. The Balaban J connectivity index is 1.63. The first-order chi connectivity index (χ1) is 12.0. The normalized spacial score (nSPS) is 11.5. The predicted octanol–water partition coefficient (Wildman–Crippen LogP) is 5.34. The first-order valence-electron chi connectivity index (χ1n) is 8.16. The molecule has 0 aliphatic rings. The van der Waals surface area contributed by atoms with E-state index in [0.717, 1.165) is 17.1 Å². The van der Waals surface area contributed by atoms with E-state index >= 15 is 0 Å². The lowest BCUT2D eigenvalue weighted by Gasteiger charge is -2.19. The lowest BCUT2D eigenvalue weighted by Crippen LogP contribution is -2.10. The van der Waals surface area contributed by atoms with Crippen molar-refractivity contribution in [1.29, 1.82) is 0 Å². The Hall–Kier alpha value is -2.27. The standard InChI is InChI=1S/C20H22N2O2S/c1-20(2,3)16-9-5-14(6-10-16)13-25-19-22-21-18(24-19)15-7-11-17(23-4)12-8-15/h5-12H,13H2,1-4H3. The highest BCUT2D eigenvalue weighted by Crippen LogP contribution is 2.28. The minimum absolute atomic E-state index is 0.172. The van der Waals surface area contributed by atoms with E-state index in [1.54, 1.807) is 18.9 Å². The summed E-state index contributed by atoms with van der Waals surface area (Å²) in [7, 11) is 1.64. The number of ether oxygens (including phenoxy) is 1. The number of hydrogen-bond donors (Lipinski definition) is 0. The van der Waals surface area contributed by atoms with E-state index in [4.69, 9.17) is 9.15 Å². The fourth-order valence-electron chi connectivity index (χ4n) is 2.36. The molecule has 0 saturated heterocycles. The summed E-state index contributed by atoms with van der Waals surface area (Å²) >= 11 is 1.55.